The number of allylic oxidation sites excluding steroid dienone is 1. The first kappa shape index (κ1) is 41.6. The molecule has 5 fully saturated rings. The molecule has 59 heavy (non-hydrogen) atoms. The van der Waals surface area contributed by atoms with E-state index < -0.39 is 68.2 Å². The third kappa shape index (κ3) is 8.09. The van der Waals surface area contributed by atoms with Gasteiger partial charge in [0.15, 0.2) is 0 Å². The zero-order valence-electron chi connectivity index (χ0n) is 34.2. The molecule has 8 rings (SSSR count). The maximum atomic E-state index is 15.3. The molecular formula is C43H56ClN5O9S. The zero-order valence-corrected chi connectivity index (χ0v) is 35.8. The molecule has 1 saturated heterocycles. The topological polar surface area (TPSA) is 185 Å². The van der Waals surface area contributed by atoms with Crippen LogP contribution in [0.25, 0.3) is 10.8 Å². The van der Waals surface area contributed by atoms with E-state index in [1.807, 2.05) is 32.1 Å². The number of fused-ring (bicyclic) bond motifs is 4. The summed E-state index contributed by atoms with van der Waals surface area (Å²) in [6.07, 6.45) is 8.11. The molecule has 320 valence electrons. The molecule has 1 aromatic heterocycles. The van der Waals surface area contributed by atoms with Gasteiger partial charge in [0.2, 0.25) is 33.6 Å². The third-order valence-corrected chi connectivity index (χ3v) is 16.3. The lowest BCUT2D eigenvalue weighted by Crippen LogP contribution is -2.61. The molecule has 4 saturated carbocycles. The van der Waals surface area contributed by atoms with Crippen LogP contribution in [-0.2, 0) is 24.4 Å². The van der Waals surface area contributed by atoms with Crippen molar-refractivity contribution in [2.75, 3.05) is 13.2 Å². The van der Waals surface area contributed by atoms with Crippen molar-refractivity contribution in [1.82, 2.24) is 24.8 Å². The van der Waals surface area contributed by atoms with Crippen molar-refractivity contribution in [2.24, 2.45) is 29.6 Å². The fourth-order valence-corrected chi connectivity index (χ4v) is 11.4. The second kappa shape index (κ2) is 15.7. The number of nitrogens with one attached hydrogen (secondary N) is 2. The molecule has 2 aromatic rings. The molecule has 3 N–H and O–H groups in total. The SMILES string of the molecule is CCCOc1cc2c(Cl)cccc2c(O[C@@H]2C[C@H]3C(=O)N[C@]4(C(=O)NS(=O)(=O)C5(C)CC5)C[C@H]4C=CCC[C@H](C)C[C@@H](C)[C@H](N(C(=O)O)C4C[C@@H]5C[C@H]5C4)C(=O)N3C2)n1. The minimum Gasteiger partial charge on any atom is -0.478 e. The third-order valence-electron chi connectivity index (χ3n) is 13.8. The van der Waals surface area contributed by atoms with Gasteiger partial charge in [-0.1, -0.05) is 50.6 Å². The van der Waals surface area contributed by atoms with Crippen molar-refractivity contribution in [3.05, 3.63) is 41.4 Å². The molecule has 0 bridgehead atoms. The maximum absolute atomic E-state index is 15.3. The minimum absolute atomic E-state index is 0.00587. The summed E-state index contributed by atoms with van der Waals surface area (Å²) < 4.78 is 40.3. The molecule has 4 amide bonds. The van der Waals surface area contributed by atoms with Crippen molar-refractivity contribution in [2.45, 2.75) is 133 Å². The van der Waals surface area contributed by atoms with Crippen molar-refractivity contribution in [1.29, 1.82) is 0 Å². The Labute approximate surface area is 350 Å². The summed E-state index contributed by atoms with van der Waals surface area (Å²) in [5, 5.41) is 15.5. The van der Waals surface area contributed by atoms with Gasteiger partial charge in [-0.2, -0.15) is 4.98 Å². The Balaban J connectivity index is 1.17. The van der Waals surface area contributed by atoms with E-state index in [-0.39, 0.29) is 43.1 Å². The number of carbonyl (C=O) groups is 4. The first-order valence-electron chi connectivity index (χ1n) is 21.3. The van der Waals surface area contributed by atoms with Gasteiger partial charge in [0.25, 0.3) is 5.91 Å². The molecule has 4 aliphatic carbocycles. The van der Waals surface area contributed by atoms with E-state index in [2.05, 4.69) is 21.9 Å². The highest BCUT2D eigenvalue weighted by Crippen LogP contribution is 2.54. The summed E-state index contributed by atoms with van der Waals surface area (Å²) in [6.45, 7) is 7.92. The fourth-order valence-electron chi connectivity index (χ4n) is 9.90. The molecule has 0 spiro atoms. The smallest absolute Gasteiger partial charge is 0.408 e. The van der Waals surface area contributed by atoms with Crippen molar-refractivity contribution in [3.8, 4) is 11.8 Å². The molecule has 3 heterocycles. The minimum atomic E-state index is -4.02. The second-order valence-corrected chi connectivity index (χ2v) is 21.0. The lowest BCUT2D eigenvalue weighted by atomic mass is 9.86. The number of halogens is 1. The number of hydrogen-bond acceptors (Lipinski definition) is 9. The van der Waals surface area contributed by atoms with E-state index in [1.165, 1.54) is 9.80 Å². The normalized spacial score (nSPS) is 32.8. The van der Waals surface area contributed by atoms with Gasteiger partial charge in [-0.15, -0.1) is 0 Å². The molecule has 9 atom stereocenters. The van der Waals surface area contributed by atoms with Gasteiger partial charge < -0.3 is 24.8 Å². The average Bonchev–Trinajstić information content (AvgIpc) is 4.14. The highest BCUT2D eigenvalue weighted by molar-refractivity contribution is 7.91. The number of rotatable bonds is 10. The van der Waals surface area contributed by atoms with Crippen LogP contribution in [0.15, 0.2) is 36.4 Å². The number of carboxylic acid groups (broad SMARTS) is 1. The number of ether oxygens (including phenoxy) is 2. The number of pyridine rings is 1. The van der Waals surface area contributed by atoms with Crippen LogP contribution in [0.4, 0.5) is 4.79 Å². The van der Waals surface area contributed by atoms with Gasteiger partial charge in [0, 0.05) is 40.2 Å². The van der Waals surface area contributed by atoms with E-state index in [4.69, 9.17) is 21.1 Å². The van der Waals surface area contributed by atoms with Crippen molar-refractivity contribution in [3.63, 3.8) is 0 Å². The Hall–Kier alpha value is -4.11. The molecule has 16 heteroatoms. The van der Waals surface area contributed by atoms with Crippen LogP contribution >= 0.6 is 11.6 Å². The van der Waals surface area contributed by atoms with Crippen LogP contribution in [0.5, 0.6) is 11.8 Å². The monoisotopic (exact) mass is 853 g/mol. The van der Waals surface area contributed by atoms with Crippen LogP contribution in [0.1, 0.15) is 98.3 Å². The van der Waals surface area contributed by atoms with E-state index in [9.17, 15) is 27.9 Å². The molecule has 2 aliphatic heterocycles. The summed E-state index contributed by atoms with van der Waals surface area (Å²) >= 11 is 6.63. The van der Waals surface area contributed by atoms with E-state index >= 15 is 4.79 Å². The average molecular weight is 854 g/mol. The van der Waals surface area contributed by atoms with Gasteiger partial charge in [-0.3, -0.25) is 24.0 Å². The zero-order chi connectivity index (χ0) is 42.0. The number of nitrogens with zero attached hydrogens (tertiary/aromatic N) is 3. The number of sulfonamides is 1. The predicted octanol–water partition coefficient (Wildman–Crippen LogP) is 6.06. The van der Waals surface area contributed by atoms with Crippen LogP contribution in [0.3, 0.4) is 0 Å². The first-order valence-corrected chi connectivity index (χ1v) is 23.2. The summed E-state index contributed by atoms with van der Waals surface area (Å²) in [6, 6.07) is 4.50. The summed E-state index contributed by atoms with van der Waals surface area (Å²) in [5.74, 6) is -1.28. The largest absolute Gasteiger partial charge is 0.478 e. The number of hydrogen-bond donors (Lipinski definition) is 3. The Morgan fingerprint density at radius 2 is 1.85 bits per heavy atom. The van der Waals surface area contributed by atoms with Crippen LogP contribution in [0, 0.1) is 29.6 Å². The number of benzene rings is 1. The van der Waals surface area contributed by atoms with Crippen molar-refractivity contribution >= 4 is 56.2 Å². The highest BCUT2D eigenvalue weighted by Gasteiger charge is 2.63. The molecular weight excluding hydrogens is 798 g/mol. The van der Waals surface area contributed by atoms with Gasteiger partial charge in [-0.05, 0) is 107 Å². The molecule has 14 nitrogen and oxygen atoms in total. The fraction of sp³-hybridized carbons (Fsp3) is 0.651. The summed E-state index contributed by atoms with van der Waals surface area (Å²) in [4.78, 5) is 64.9. The number of amides is 4. The van der Waals surface area contributed by atoms with Crippen LogP contribution in [0.2, 0.25) is 5.02 Å². The Morgan fingerprint density at radius 3 is 2.54 bits per heavy atom. The highest BCUT2D eigenvalue weighted by atomic mass is 35.5. The summed E-state index contributed by atoms with van der Waals surface area (Å²) in [5.41, 5.74) is -1.56. The van der Waals surface area contributed by atoms with Gasteiger partial charge in [0.05, 0.1) is 17.9 Å². The van der Waals surface area contributed by atoms with Crippen LogP contribution < -0.4 is 19.5 Å². The predicted molar refractivity (Wildman–Crippen MR) is 220 cm³/mol. The Morgan fingerprint density at radius 1 is 1.10 bits per heavy atom. The number of aromatic nitrogens is 1. The lowest BCUT2D eigenvalue weighted by Gasteiger charge is -2.40. The maximum Gasteiger partial charge on any atom is 0.408 e. The lowest BCUT2D eigenvalue weighted by molar-refractivity contribution is -0.145. The standard InChI is InChI=1S/C43H56ClN5O9S/c1-5-15-57-35-21-32-31(11-8-12-33(32)44)38(45-35)58-30-20-34-37(50)46-43(40(52)47-59(55,56)42(4)13-14-42)22-28(43)10-7-6-9-24(2)16-25(3)36(39(51)48(34)23-30)49(41(53)54)29-18-26-17-27(26)19-29/h7-8,10-12,21,24-30,34,36H,5-6,9,13-20,22-23H2,1-4H3,(H,46,50)(H,47,52)(H,53,54)/t24-,25+,26-,27-,28+,30+,34-,36-,43+/m0/s1. The second-order valence-electron chi connectivity index (χ2n) is 18.4. The van der Waals surface area contributed by atoms with Crippen molar-refractivity contribution < 1.29 is 42.2 Å². The molecule has 1 aromatic carbocycles. The molecule has 6 aliphatic rings. The van der Waals surface area contributed by atoms with Gasteiger partial charge >= 0.3 is 6.09 Å². The first-order chi connectivity index (χ1) is 28.0. The van der Waals surface area contributed by atoms with E-state index in [0.29, 0.717) is 78.6 Å². The number of carbonyl (C=O) groups excluding carboxylic acids is 3. The van der Waals surface area contributed by atoms with Crippen LogP contribution in [-0.4, -0.2) is 99.8 Å². The Kier molecular flexibility index (Phi) is 11.1. The van der Waals surface area contributed by atoms with Gasteiger partial charge in [0.1, 0.15) is 23.7 Å². The van der Waals surface area contributed by atoms with E-state index in [0.717, 1.165) is 19.3 Å². The Bertz CT molecular complexity index is 2150. The van der Waals surface area contributed by atoms with Gasteiger partial charge in [-0.25, -0.2) is 13.2 Å². The molecule has 0 radical (unpaired) electrons. The quantitative estimate of drug-likeness (QED) is 0.238. The van der Waals surface area contributed by atoms with E-state index in [1.54, 1.807) is 25.1 Å². The molecule has 0 unspecified atom stereocenters. The summed E-state index contributed by atoms with van der Waals surface area (Å²) in [7, 11) is -4.02.